The third kappa shape index (κ3) is 3.62. The Morgan fingerprint density at radius 2 is 1.72 bits per heavy atom. The number of para-hydroxylation sites is 1. The van der Waals surface area contributed by atoms with E-state index < -0.39 is 0 Å². The number of hydrogen-bond acceptors (Lipinski definition) is 4. The van der Waals surface area contributed by atoms with E-state index >= 15 is 0 Å². The fraction of sp³-hybridized carbons (Fsp3) is 0.214. The molecule has 0 bridgehead atoms. The van der Waals surface area contributed by atoms with Gasteiger partial charge in [-0.1, -0.05) is 61.0 Å². The zero-order valence-corrected chi connectivity index (χ0v) is 18.1. The third-order valence-corrected chi connectivity index (χ3v) is 6.49. The van der Waals surface area contributed by atoms with Crippen LogP contribution in [-0.2, 0) is 16.8 Å². The fourth-order valence-corrected chi connectivity index (χ4v) is 4.64. The zero-order chi connectivity index (χ0) is 22.0. The van der Waals surface area contributed by atoms with Crippen molar-refractivity contribution in [2.75, 3.05) is 7.11 Å². The summed E-state index contributed by atoms with van der Waals surface area (Å²) in [5.41, 5.74) is 4.44. The van der Waals surface area contributed by atoms with Crippen LogP contribution in [-0.4, -0.2) is 18.1 Å². The number of fused-ring (bicyclic) bond motifs is 1. The van der Waals surface area contributed by atoms with Crippen molar-refractivity contribution in [3.05, 3.63) is 107 Å². The lowest BCUT2D eigenvalue weighted by Gasteiger charge is -2.44. The van der Waals surface area contributed by atoms with Gasteiger partial charge in [0.05, 0.1) is 23.9 Å². The van der Waals surface area contributed by atoms with Crippen LogP contribution in [0.3, 0.4) is 0 Å². The minimum atomic E-state index is -0.315. The molecule has 0 amide bonds. The lowest BCUT2D eigenvalue weighted by atomic mass is 9.59. The molecule has 0 atom stereocenters. The molecule has 1 aromatic heterocycles. The minimum Gasteiger partial charge on any atom is -0.487 e. The number of methoxy groups -OCH3 is 1. The zero-order valence-electron chi connectivity index (χ0n) is 18.1. The largest absolute Gasteiger partial charge is 0.487 e. The highest BCUT2D eigenvalue weighted by Gasteiger charge is 2.42. The van der Waals surface area contributed by atoms with E-state index in [1.807, 2.05) is 54.6 Å². The molecule has 1 heterocycles. The topological polar surface area (TPSA) is 48.4 Å². The van der Waals surface area contributed by atoms with Crippen LogP contribution in [0.25, 0.3) is 10.9 Å². The molecule has 0 radical (unpaired) electrons. The van der Waals surface area contributed by atoms with Crippen molar-refractivity contribution in [2.45, 2.75) is 31.3 Å². The molecule has 3 aromatic carbocycles. The first-order valence-electron chi connectivity index (χ1n) is 11.0. The van der Waals surface area contributed by atoms with E-state index in [0.29, 0.717) is 12.2 Å². The van der Waals surface area contributed by atoms with Crippen molar-refractivity contribution in [2.24, 2.45) is 0 Å². The average molecular weight is 424 g/mol. The van der Waals surface area contributed by atoms with Gasteiger partial charge in [-0.3, -0.25) is 0 Å². The van der Waals surface area contributed by atoms with Crippen molar-refractivity contribution in [1.82, 2.24) is 4.98 Å². The van der Waals surface area contributed by atoms with Crippen molar-refractivity contribution < 1.29 is 14.3 Å². The van der Waals surface area contributed by atoms with Crippen LogP contribution in [0.15, 0.2) is 84.9 Å². The summed E-state index contributed by atoms with van der Waals surface area (Å²) >= 11 is 0. The number of nitrogens with zero attached hydrogens (tertiary/aromatic N) is 1. The van der Waals surface area contributed by atoms with Crippen LogP contribution >= 0.6 is 0 Å². The molecule has 0 spiro atoms. The van der Waals surface area contributed by atoms with Gasteiger partial charge >= 0.3 is 5.97 Å². The molecule has 0 unspecified atom stereocenters. The Labute approximate surface area is 187 Å². The number of benzene rings is 3. The highest BCUT2D eigenvalue weighted by Crippen LogP contribution is 2.50. The number of esters is 1. The number of aromatic nitrogens is 1. The molecule has 5 rings (SSSR count). The van der Waals surface area contributed by atoms with Crippen molar-refractivity contribution in [3.8, 4) is 5.75 Å². The normalized spacial score (nSPS) is 14.5. The number of carbonyl (C=O) groups is 1. The highest BCUT2D eigenvalue weighted by atomic mass is 16.5. The van der Waals surface area contributed by atoms with E-state index in [1.54, 1.807) is 0 Å². The second-order valence-corrected chi connectivity index (χ2v) is 8.28. The molecule has 32 heavy (non-hydrogen) atoms. The summed E-state index contributed by atoms with van der Waals surface area (Å²) in [5.74, 6) is 0.412. The summed E-state index contributed by atoms with van der Waals surface area (Å²) in [6.45, 7) is 0.361. The van der Waals surface area contributed by atoms with E-state index in [-0.39, 0.29) is 11.4 Å². The summed E-state index contributed by atoms with van der Waals surface area (Å²) in [7, 11) is 1.43. The van der Waals surface area contributed by atoms with Gasteiger partial charge in [-0.25, -0.2) is 9.78 Å². The molecule has 160 valence electrons. The Morgan fingerprint density at radius 3 is 2.47 bits per heavy atom. The van der Waals surface area contributed by atoms with Crippen LogP contribution in [0.1, 0.15) is 46.4 Å². The second kappa shape index (κ2) is 8.46. The van der Waals surface area contributed by atoms with Gasteiger partial charge < -0.3 is 9.47 Å². The minimum absolute atomic E-state index is 0.189. The Hall–Kier alpha value is -3.66. The van der Waals surface area contributed by atoms with Crippen LogP contribution in [0, 0.1) is 0 Å². The van der Waals surface area contributed by atoms with Crippen molar-refractivity contribution >= 4 is 16.9 Å². The smallest absolute Gasteiger partial charge is 0.338 e. The average Bonchev–Trinajstić information content (AvgIpc) is 2.82. The first-order chi connectivity index (χ1) is 15.7. The van der Waals surface area contributed by atoms with Gasteiger partial charge in [0.2, 0.25) is 0 Å². The number of rotatable bonds is 6. The molecule has 1 fully saturated rings. The maximum atomic E-state index is 12.6. The Morgan fingerprint density at radius 1 is 0.938 bits per heavy atom. The number of carbonyl (C=O) groups excluding carboxylic acids is 1. The second-order valence-electron chi connectivity index (χ2n) is 8.28. The molecule has 4 aromatic rings. The maximum absolute atomic E-state index is 12.6. The summed E-state index contributed by atoms with van der Waals surface area (Å²) < 4.78 is 11.2. The summed E-state index contributed by atoms with van der Waals surface area (Å²) in [6.07, 6.45) is 3.12. The maximum Gasteiger partial charge on any atom is 0.338 e. The summed E-state index contributed by atoms with van der Waals surface area (Å²) in [4.78, 5) is 17.3. The van der Waals surface area contributed by atoms with Crippen LogP contribution in [0.2, 0.25) is 0 Å². The molecule has 0 aliphatic heterocycles. The fourth-order valence-electron chi connectivity index (χ4n) is 4.64. The van der Waals surface area contributed by atoms with Gasteiger partial charge in [-0.15, -0.1) is 0 Å². The Bertz CT molecular complexity index is 1260. The SMILES string of the molecule is COC(=O)c1ccc(OCc2ccc3ccccc3n2)cc1C1(c2ccccc2)CCC1. The van der Waals surface area contributed by atoms with E-state index in [0.717, 1.165) is 47.2 Å². The number of pyridine rings is 1. The lowest BCUT2D eigenvalue weighted by Crippen LogP contribution is -2.37. The molecular formula is C28H25NO3. The van der Waals surface area contributed by atoms with E-state index in [2.05, 4.69) is 30.3 Å². The first-order valence-corrected chi connectivity index (χ1v) is 11.0. The third-order valence-electron chi connectivity index (χ3n) is 6.49. The Kier molecular flexibility index (Phi) is 5.36. The van der Waals surface area contributed by atoms with Gasteiger partial charge in [-0.2, -0.15) is 0 Å². The predicted octanol–water partition coefficient (Wildman–Crippen LogP) is 6.07. The molecule has 4 nitrogen and oxygen atoms in total. The molecule has 1 saturated carbocycles. The highest BCUT2D eigenvalue weighted by molar-refractivity contribution is 5.92. The molecule has 1 aliphatic rings. The quantitative estimate of drug-likeness (QED) is 0.353. The monoisotopic (exact) mass is 423 g/mol. The van der Waals surface area contributed by atoms with Gasteiger partial charge in [0.25, 0.3) is 0 Å². The van der Waals surface area contributed by atoms with Crippen molar-refractivity contribution in [1.29, 1.82) is 0 Å². The Balaban J connectivity index is 1.48. The summed E-state index contributed by atoms with van der Waals surface area (Å²) in [5, 5.41) is 1.11. The van der Waals surface area contributed by atoms with Gasteiger partial charge in [0, 0.05) is 10.8 Å². The van der Waals surface area contributed by atoms with Crippen LogP contribution in [0.5, 0.6) is 5.75 Å². The molecule has 1 aliphatic carbocycles. The van der Waals surface area contributed by atoms with Crippen molar-refractivity contribution in [3.63, 3.8) is 0 Å². The molecule has 4 heteroatoms. The molecule has 0 N–H and O–H groups in total. The van der Waals surface area contributed by atoms with Gasteiger partial charge in [0.1, 0.15) is 12.4 Å². The summed E-state index contributed by atoms with van der Waals surface area (Å²) in [6, 6.07) is 28.2. The number of ether oxygens (including phenoxy) is 2. The van der Waals surface area contributed by atoms with E-state index in [9.17, 15) is 4.79 Å². The standard InChI is InChI=1S/C28H25NO3/c1-31-27(30)24-15-14-23(32-19-22-13-12-20-8-5-6-11-26(20)29-22)18-25(24)28(16-7-17-28)21-9-3-2-4-10-21/h2-6,8-15,18H,7,16-17,19H2,1H3. The van der Waals surface area contributed by atoms with Gasteiger partial charge in [0.15, 0.2) is 0 Å². The van der Waals surface area contributed by atoms with E-state index in [4.69, 9.17) is 14.5 Å². The molecular weight excluding hydrogens is 398 g/mol. The predicted molar refractivity (Wildman–Crippen MR) is 125 cm³/mol. The first kappa shape index (κ1) is 20.3. The lowest BCUT2D eigenvalue weighted by molar-refractivity contribution is 0.0596. The van der Waals surface area contributed by atoms with Crippen LogP contribution in [0.4, 0.5) is 0 Å². The number of hydrogen-bond donors (Lipinski definition) is 0. The van der Waals surface area contributed by atoms with Crippen LogP contribution < -0.4 is 4.74 Å². The van der Waals surface area contributed by atoms with E-state index in [1.165, 1.54) is 12.7 Å². The van der Waals surface area contributed by atoms with Gasteiger partial charge in [-0.05, 0) is 54.3 Å². The molecule has 0 saturated heterocycles.